The van der Waals surface area contributed by atoms with Gasteiger partial charge in [0.1, 0.15) is 43.0 Å². The zero-order chi connectivity index (χ0) is 52.9. The number of nitrogens with zero attached hydrogens (tertiary/aromatic N) is 4. The Labute approximate surface area is 428 Å². The van der Waals surface area contributed by atoms with Crippen molar-refractivity contribution in [2.45, 2.75) is 70.5 Å². The second-order valence-corrected chi connectivity index (χ2v) is 18.5. The van der Waals surface area contributed by atoms with Crippen LogP contribution in [0.1, 0.15) is 84.0 Å². The number of hydrogen-bond acceptors (Lipinski definition) is 14. The molecule has 6 rings (SSSR count). The average molecular weight is 1020 g/mol. The average Bonchev–Trinajstić information content (AvgIpc) is 3.77. The monoisotopic (exact) mass is 1020 g/mol. The van der Waals surface area contributed by atoms with Crippen molar-refractivity contribution in [3.05, 3.63) is 129 Å². The topological polar surface area (TPSA) is 287 Å². The Morgan fingerprint density at radius 3 is 2.12 bits per heavy atom. The molecule has 20 heteroatoms. The van der Waals surface area contributed by atoms with Gasteiger partial charge >= 0.3 is 5.69 Å². The van der Waals surface area contributed by atoms with Gasteiger partial charge in [-0.1, -0.05) is 73.5 Å². The zero-order valence-corrected chi connectivity index (χ0v) is 42.1. The SMILES string of the molecule is C[C@@H]1CC(=O)[C@@H](N(C)C(=O)[C@H](CCCCN)CC(=O)c2ccc(-c3ccc(Cl)cc3)cc2)c2ccc(OCCN)c(c2)-c2cc(ccc2OCCN)C[C@@H](C(=O)N[C@@H](C)C(=O)c2c([N+](=O)[O-])cnn2C)NC1=O. The van der Waals surface area contributed by atoms with E-state index in [9.17, 15) is 38.9 Å². The van der Waals surface area contributed by atoms with Crippen molar-refractivity contribution in [3.8, 4) is 33.8 Å². The third-order valence-corrected chi connectivity index (χ3v) is 13.0. The van der Waals surface area contributed by atoms with Crippen molar-refractivity contribution < 1.29 is 43.2 Å². The number of nitro groups is 1. The number of hydrogen-bond donors (Lipinski definition) is 5. The summed E-state index contributed by atoms with van der Waals surface area (Å²) in [5, 5.41) is 21.5. The molecule has 1 aliphatic rings. The maximum absolute atomic E-state index is 15.0. The highest BCUT2D eigenvalue weighted by atomic mass is 35.5. The molecule has 4 aromatic carbocycles. The van der Waals surface area contributed by atoms with Crippen LogP contribution in [0.15, 0.2) is 91.1 Å². The first-order valence-corrected chi connectivity index (χ1v) is 24.5. The normalized spacial score (nSPS) is 16.6. The predicted molar refractivity (Wildman–Crippen MR) is 275 cm³/mol. The van der Waals surface area contributed by atoms with Crippen LogP contribution in [0, 0.1) is 22.0 Å². The molecular formula is C53H62ClN9O10. The fourth-order valence-corrected chi connectivity index (χ4v) is 8.97. The van der Waals surface area contributed by atoms with Gasteiger partial charge in [-0.15, -0.1) is 0 Å². The standard InChI is InChI=1S/C53H62ClN9O10/c1-31-25-45(65)48(61(3)53(69)38(7-5-6-20-55)29-44(64)36-11-9-34(10-12-36)35-13-16-39(54)17-14-35)37-15-19-47(73-24-22-57)41(28-37)40-26-33(8-18-46(40)72-23-21-56)27-42(60-51(31)67)52(68)59-32(2)50(66)49-43(63(70)71)30-58-62(49)4/h8-19,26,28,30-32,38,42,48H,5-7,20-25,27,29,55-57H2,1-4H3,(H,59,68)(H,60,67)/t31-,32+,38-,42+,48+/m1/s1. The van der Waals surface area contributed by atoms with Gasteiger partial charge in [-0.3, -0.25) is 43.6 Å². The Morgan fingerprint density at radius 1 is 0.890 bits per heavy atom. The summed E-state index contributed by atoms with van der Waals surface area (Å²) in [4.78, 5) is 98.3. The van der Waals surface area contributed by atoms with Gasteiger partial charge in [-0.25, -0.2) is 0 Å². The number of benzene rings is 4. The van der Waals surface area contributed by atoms with Gasteiger partial charge in [0.25, 0.3) is 0 Å². The molecule has 1 aliphatic heterocycles. The number of nitrogens with one attached hydrogen (secondary N) is 2. The van der Waals surface area contributed by atoms with Crippen LogP contribution in [0.4, 0.5) is 5.69 Å². The molecule has 19 nitrogen and oxygen atoms in total. The molecule has 4 bridgehead atoms. The highest BCUT2D eigenvalue weighted by Gasteiger charge is 2.37. The van der Waals surface area contributed by atoms with E-state index in [1.807, 2.05) is 24.3 Å². The number of aromatic nitrogens is 2. The van der Waals surface area contributed by atoms with Gasteiger partial charge in [0, 0.05) is 80.0 Å². The van der Waals surface area contributed by atoms with Gasteiger partial charge in [-0.2, -0.15) is 5.10 Å². The van der Waals surface area contributed by atoms with E-state index < -0.39 is 76.3 Å². The van der Waals surface area contributed by atoms with Gasteiger partial charge in [-0.05, 0) is 85.0 Å². The number of amides is 3. The number of aryl methyl sites for hydroxylation is 1. The molecule has 0 unspecified atom stereocenters. The van der Waals surface area contributed by atoms with Crippen molar-refractivity contribution in [3.63, 3.8) is 0 Å². The van der Waals surface area contributed by atoms with E-state index in [-0.39, 0.29) is 50.6 Å². The van der Waals surface area contributed by atoms with Gasteiger partial charge in [0.2, 0.25) is 23.5 Å². The molecule has 0 saturated carbocycles. The van der Waals surface area contributed by atoms with Crippen molar-refractivity contribution in [1.29, 1.82) is 0 Å². The largest absolute Gasteiger partial charge is 0.492 e. The second kappa shape index (κ2) is 25.4. The first kappa shape index (κ1) is 55.0. The fourth-order valence-electron chi connectivity index (χ4n) is 8.85. The molecule has 1 aromatic heterocycles. The predicted octanol–water partition coefficient (Wildman–Crippen LogP) is 5.53. The Balaban J connectivity index is 1.39. The minimum Gasteiger partial charge on any atom is -0.492 e. The lowest BCUT2D eigenvalue weighted by molar-refractivity contribution is -0.385. The summed E-state index contributed by atoms with van der Waals surface area (Å²) < 4.78 is 13.4. The third kappa shape index (κ3) is 13.6. The molecule has 73 heavy (non-hydrogen) atoms. The number of halogens is 1. The highest BCUT2D eigenvalue weighted by molar-refractivity contribution is 6.30. The number of carbonyl (C=O) groups is 6. The van der Waals surface area contributed by atoms with Crippen molar-refractivity contribution in [2.24, 2.45) is 36.1 Å². The van der Waals surface area contributed by atoms with E-state index in [2.05, 4.69) is 15.7 Å². The van der Waals surface area contributed by atoms with E-state index >= 15 is 0 Å². The molecule has 386 valence electrons. The molecule has 0 fully saturated rings. The Bertz CT molecular complexity index is 2820. The Kier molecular flexibility index (Phi) is 19.1. The number of unbranched alkanes of at least 4 members (excludes halogenated alkanes) is 1. The quantitative estimate of drug-likeness (QED) is 0.0262. The minimum atomic E-state index is -1.34. The molecule has 3 amide bonds. The summed E-state index contributed by atoms with van der Waals surface area (Å²) >= 11 is 6.09. The molecular weight excluding hydrogens is 958 g/mol. The lowest BCUT2D eigenvalue weighted by atomic mass is 9.88. The summed E-state index contributed by atoms with van der Waals surface area (Å²) in [6.45, 7) is 3.79. The van der Waals surface area contributed by atoms with E-state index in [0.717, 1.165) is 22.0 Å². The minimum absolute atomic E-state index is 0.110. The van der Waals surface area contributed by atoms with Crippen LogP contribution >= 0.6 is 11.6 Å². The summed E-state index contributed by atoms with van der Waals surface area (Å²) in [5.41, 5.74) is 20.8. The summed E-state index contributed by atoms with van der Waals surface area (Å²) in [7, 11) is 2.86. The van der Waals surface area contributed by atoms with Crippen molar-refractivity contribution in [1.82, 2.24) is 25.3 Å². The number of rotatable bonds is 21. The van der Waals surface area contributed by atoms with Gasteiger partial charge in [0.05, 0.1) is 11.0 Å². The van der Waals surface area contributed by atoms with Gasteiger partial charge in [0.15, 0.2) is 17.3 Å². The number of ketones is 3. The first-order chi connectivity index (χ1) is 34.9. The number of nitrogens with two attached hydrogens (primary N) is 3. The highest BCUT2D eigenvalue weighted by Crippen LogP contribution is 2.41. The number of carbonyl (C=O) groups excluding carboxylic acids is 6. The molecule has 0 spiro atoms. The van der Waals surface area contributed by atoms with Crippen LogP contribution < -0.4 is 37.3 Å². The fraction of sp³-hybridized carbons (Fsp3) is 0.377. The van der Waals surface area contributed by atoms with Crippen LogP contribution in [0.2, 0.25) is 5.02 Å². The Morgan fingerprint density at radius 2 is 1.51 bits per heavy atom. The molecule has 0 aliphatic carbocycles. The number of Topliss-reactive ketones (excluding diaryl/α,β-unsaturated/α-hetero) is 3. The number of ether oxygens (including phenoxy) is 2. The smallest absolute Gasteiger partial charge is 0.318 e. The second-order valence-electron chi connectivity index (χ2n) is 18.1. The van der Waals surface area contributed by atoms with E-state index in [1.165, 1.54) is 32.8 Å². The Hall–Kier alpha value is -7.32. The van der Waals surface area contributed by atoms with E-state index in [4.69, 9.17) is 38.3 Å². The van der Waals surface area contributed by atoms with Crippen molar-refractivity contribution >= 4 is 52.4 Å². The number of likely N-dealkylation sites (N-methyl/N-ethyl adjacent to an activating group) is 1. The third-order valence-electron chi connectivity index (χ3n) is 12.7. The lowest BCUT2D eigenvalue weighted by Crippen LogP contribution is -2.53. The van der Waals surface area contributed by atoms with Crippen LogP contribution in [-0.4, -0.2) is 107 Å². The molecule has 5 atom stereocenters. The molecule has 0 radical (unpaired) electrons. The van der Waals surface area contributed by atoms with Gasteiger partial charge < -0.3 is 42.2 Å². The molecule has 2 heterocycles. The molecule has 5 aromatic rings. The summed E-state index contributed by atoms with van der Waals surface area (Å²) in [6, 6.07) is 20.6. The van der Waals surface area contributed by atoms with E-state index in [1.54, 1.807) is 60.7 Å². The molecule has 8 N–H and O–H groups in total. The van der Waals surface area contributed by atoms with Crippen LogP contribution in [-0.2, 0) is 32.6 Å². The summed E-state index contributed by atoms with van der Waals surface area (Å²) in [5.74, 6) is -4.73. The van der Waals surface area contributed by atoms with Crippen LogP contribution in [0.3, 0.4) is 0 Å². The van der Waals surface area contributed by atoms with Crippen molar-refractivity contribution in [2.75, 3.05) is 39.9 Å². The maximum Gasteiger partial charge on any atom is 0.318 e. The summed E-state index contributed by atoms with van der Waals surface area (Å²) in [6.07, 6.45) is 1.69. The first-order valence-electron chi connectivity index (χ1n) is 24.1. The zero-order valence-electron chi connectivity index (χ0n) is 41.3. The molecule has 0 saturated heterocycles. The van der Waals surface area contributed by atoms with E-state index in [0.29, 0.717) is 70.1 Å². The number of fused-ring (bicyclic) bond motifs is 5. The lowest BCUT2D eigenvalue weighted by Gasteiger charge is -2.32. The van der Waals surface area contributed by atoms with Crippen LogP contribution in [0.25, 0.3) is 22.3 Å². The maximum atomic E-state index is 15.0. The van der Waals surface area contributed by atoms with Crippen LogP contribution in [0.5, 0.6) is 11.5 Å².